The maximum atomic E-state index is 12.8. The van der Waals surface area contributed by atoms with E-state index < -0.39 is 0 Å². The standard InChI is InChI=1S/C24H27N5O3.HI/c1-14-3-5-15(6-4-14)21-28-18(13-32-21)12-27-24(25-2)26-9-10-29-22(30)19-16-7-8-17(11-16)20(19)23(29)31;/h3-8,13,16-17,19-20H,9-12H2,1-2H3,(H2,25,26,27);1H. The molecule has 1 aromatic heterocycles. The quantitative estimate of drug-likeness (QED) is 0.185. The van der Waals surface area contributed by atoms with Gasteiger partial charge in [-0.3, -0.25) is 19.5 Å². The van der Waals surface area contributed by atoms with Gasteiger partial charge in [0.15, 0.2) is 5.96 Å². The molecular formula is C24H28IN5O3. The molecule has 33 heavy (non-hydrogen) atoms. The highest BCUT2D eigenvalue weighted by atomic mass is 127. The van der Waals surface area contributed by atoms with Gasteiger partial charge in [0.1, 0.15) is 6.26 Å². The highest BCUT2D eigenvalue weighted by Crippen LogP contribution is 2.52. The van der Waals surface area contributed by atoms with E-state index in [1.807, 2.05) is 31.2 Å². The van der Waals surface area contributed by atoms with Crippen LogP contribution >= 0.6 is 24.0 Å². The minimum absolute atomic E-state index is 0. The van der Waals surface area contributed by atoms with E-state index in [-0.39, 0.29) is 59.5 Å². The monoisotopic (exact) mass is 561 g/mol. The molecule has 1 aliphatic heterocycles. The van der Waals surface area contributed by atoms with Crippen LogP contribution in [0.3, 0.4) is 0 Å². The van der Waals surface area contributed by atoms with Crippen molar-refractivity contribution in [2.75, 3.05) is 20.1 Å². The van der Waals surface area contributed by atoms with Gasteiger partial charge in [-0.1, -0.05) is 29.8 Å². The molecule has 2 bridgehead atoms. The summed E-state index contributed by atoms with van der Waals surface area (Å²) in [4.78, 5) is 35.7. The number of benzene rings is 1. The number of nitrogens with zero attached hydrogens (tertiary/aromatic N) is 3. The number of allylic oxidation sites excluding steroid dienone is 2. The lowest BCUT2D eigenvalue weighted by Crippen LogP contribution is -2.43. The smallest absolute Gasteiger partial charge is 0.233 e. The van der Waals surface area contributed by atoms with Gasteiger partial charge in [-0.25, -0.2) is 4.98 Å². The van der Waals surface area contributed by atoms with E-state index in [0.717, 1.165) is 17.7 Å². The molecular weight excluding hydrogens is 533 g/mol. The second kappa shape index (κ2) is 9.66. The van der Waals surface area contributed by atoms with Crippen molar-refractivity contribution in [1.29, 1.82) is 0 Å². The summed E-state index contributed by atoms with van der Waals surface area (Å²) in [7, 11) is 1.68. The van der Waals surface area contributed by atoms with Crippen molar-refractivity contribution in [1.82, 2.24) is 20.5 Å². The molecule has 0 spiro atoms. The lowest BCUT2D eigenvalue weighted by molar-refractivity contribution is -0.140. The van der Waals surface area contributed by atoms with Crippen LogP contribution in [-0.4, -0.2) is 47.8 Å². The van der Waals surface area contributed by atoms with Crippen LogP contribution < -0.4 is 10.6 Å². The number of imide groups is 1. The van der Waals surface area contributed by atoms with Crippen molar-refractivity contribution in [3.8, 4) is 11.5 Å². The highest BCUT2D eigenvalue weighted by molar-refractivity contribution is 14.0. The summed E-state index contributed by atoms with van der Waals surface area (Å²) in [5.41, 5.74) is 2.86. The molecule has 2 aromatic rings. The summed E-state index contributed by atoms with van der Waals surface area (Å²) in [5.74, 6) is 1.29. The van der Waals surface area contributed by atoms with Crippen LogP contribution in [-0.2, 0) is 16.1 Å². The highest BCUT2D eigenvalue weighted by Gasteiger charge is 2.58. The first-order chi connectivity index (χ1) is 15.5. The van der Waals surface area contributed by atoms with E-state index in [9.17, 15) is 9.59 Å². The number of aromatic nitrogens is 1. The van der Waals surface area contributed by atoms with Crippen LogP contribution in [0.25, 0.3) is 11.5 Å². The number of halogens is 1. The molecule has 2 fully saturated rings. The number of rotatable bonds is 6. The molecule has 2 heterocycles. The topological polar surface area (TPSA) is 99.8 Å². The van der Waals surface area contributed by atoms with Crippen LogP contribution in [0.2, 0.25) is 0 Å². The summed E-state index contributed by atoms with van der Waals surface area (Å²) in [6, 6.07) is 8.01. The predicted octanol–water partition coefficient (Wildman–Crippen LogP) is 2.74. The fraction of sp³-hybridized carbons (Fsp3) is 0.417. The number of nitrogens with one attached hydrogen (secondary N) is 2. The van der Waals surface area contributed by atoms with Crippen molar-refractivity contribution in [3.63, 3.8) is 0 Å². The minimum atomic E-state index is -0.148. The van der Waals surface area contributed by atoms with E-state index in [1.54, 1.807) is 13.3 Å². The van der Waals surface area contributed by atoms with E-state index >= 15 is 0 Å². The molecule has 4 atom stereocenters. The maximum absolute atomic E-state index is 12.8. The first kappa shape index (κ1) is 23.5. The first-order valence-corrected chi connectivity index (χ1v) is 11.0. The molecule has 1 saturated heterocycles. The van der Waals surface area contributed by atoms with Crippen LogP contribution in [0.1, 0.15) is 17.7 Å². The summed E-state index contributed by atoms with van der Waals surface area (Å²) in [5, 5.41) is 6.36. The van der Waals surface area contributed by atoms with Gasteiger partial charge in [-0.05, 0) is 37.3 Å². The number of aliphatic imine (C=N–C) groups is 1. The molecule has 2 N–H and O–H groups in total. The van der Waals surface area contributed by atoms with Gasteiger partial charge in [-0.2, -0.15) is 0 Å². The lowest BCUT2D eigenvalue weighted by Gasteiger charge is -2.18. The third-order valence-corrected chi connectivity index (χ3v) is 6.70. The molecule has 2 amide bonds. The van der Waals surface area contributed by atoms with Crippen molar-refractivity contribution in [2.45, 2.75) is 19.9 Å². The Labute approximate surface area is 209 Å². The average molecular weight is 561 g/mol. The number of carbonyl (C=O) groups excluding carboxylic acids is 2. The Bertz CT molecular complexity index is 1060. The summed E-state index contributed by atoms with van der Waals surface area (Å²) in [6.45, 7) is 3.25. The molecule has 8 nitrogen and oxygen atoms in total. The van der Waals surface area contributed by atoms with Gasteiger partial charge in [0.05, 0.1) is 24.1 Å². The van der Waals surface area contributed by atoms with Crippen LogP contribution in [0.5, 0.6) is 0 Å². The minimum Gasteiger partial charge on any atom is -0.444 e. The number of oxazole rings is 1. The van der Waals surface area contributed by atoms with Gasteiger partial charge < -0.3 is 15.1 Å². The van der Waals surface area contributed by atoms with Crippen molar-refractivity contribution in [3.05, 3.63) is 53.9 Å². The number of fused-ring (bicyclic) bond motifs is 5. The third-order valence-electron chi connectivity index (χ3n) is 6.70. The Morgan fingerprint density at radius 2 is 1.79 bits per heavy atom. The Balaban J connectivity index is 0.00000259. The van der Waals surface area contributed by atoms with Crippen LogP contribution in [0.15, 0.2) is 52.1 Å². The molecule has 5 rings (SSSR count). The van der Waals surface area contributed by atoms with Gasteiger partial charge in [-0.15, -0.1) is 24.0 Å². The second-order valence-corrected chi connectivity index (χ2v) is 8.69. The maximum Gasteiger partial charge on any atom is 0.233 e. The zero-order valence-corrected chi connectivity index (χ0v) is 21.0. The summed E-state index contributed by atoms with van der Waals surface area (Å²) in [6.07, 6.45) is 6.79. The average Bonchev–Trinajstić information content (AvgIpc) is 3.57. The Morgan fingerprint density at radius 1 is 1.12 bits per heavy atom. The molecule has 1 saturated carbocycles. The lowest BCUT2D eigenvalue weighted by atomic mass is 9.85. The Morgan fingerprint density at radius 3 is 2.42 bits per heavy atom. The number of amides is 2. The normalized spacial score (nSPS) is 25.4. The molecule has 1 aromatic carbocycles. The fourth-order valence-corrected chi connectivity index (χ4v) is 5.08. The molecule has 2 aliphatic carbocycles. The fourth-order valence-electron chi connectivity index (χ4n) is 5.08. The number of hydrogen-bond donors (Lipinski definition) is 2. The van der Waals surface area contributed by atoms with E-state index in [2.05, 4.69) is 32.8 Å². The number of carbonyl (C=O) groups is 2. The summed E-state index contributed by atoms with van der Waals surface area (Å²) < 4.78 is 5.59. The van der Waals surface area contributed by atoms with Crippen LogP contribution in [0, 0.1) is 30.6 Å². The number of hydrogen-bond acceptors (Lipinski definition) is 5. The zero-order valence-electron chi connectivity index (χ0n) is 18.7. The summed E-state index contributed by atoms with van der Waals surface area (Å²) >= 11 is 0. The molecule has 4 unspecified atom stereocenters. The van der Waals surface area contributed by atoms with Crippen molar-refractivity contribution < 1.29 is 14.0 Å². The molecule has 174 valence electrons. The third kappa shape index (κ3) is 4.42. The Kier molecular flexibility index (Phi) is 6.87. The molecule has 0 radical (unpaired) electrons. The largest absolute Gasteiger partial charge is 0.444 e. The number of guanidine groups is 1. The van der Waals surface area contributed by atoms with Crippen molar-refractivity contribution in [2.24, 2.45) is 28.7 Å². The van der Waals surface area contributed by atoms with Crippen LogP contribution in [0.4, 0.5) is 0 Å². The van der Waals surface area contributed by atoms with E-state index in [0.29, 0.717) is 31.5 Å². The van der Waals surface area contributed by atoms with E-state index in [1.165, 1.54) is 10.5 Å². The molecule has 9 heteroatoms. The Hall–Kier alpha value is -2.69. The zero-order chi connectivity index (χ0) is 22.2. The van der Waals surface area contributed by atoms with Gasteiger partial charge >= 0.3 is 0 Å². The second-order valence-electron chi connectivity index (χ2n) is 8.69. The SMILES string of the molecule is CN=C(NCCN1C(=O)C2C3C=CC(C3)C2C1=O)NCc1coc(-c2ccc(C)cc2)n1.I. The van der Waals surface area contributed by atoms with E-state index in [4.69, 9.17) is 4.42 Å². The van der Waals surface area contributed by atoms with Gasteiger partial charge in [0, 0.05) is 25.7 Å². The number of aryl methyl sites for hydroxylation is 1. The molecule has 3 aliphatic rings. The number of likely N-dealkylation sites (tertiary alicyclic amines) is 1. The first-order valence-electron chi connectivity index (χ1n) is 11.0. The van der Waals surface area contributed by atoms with Crippen molar-refractivity contribution >= 4 is 41.8 Å². The van der Waals surface area contributed by atoms with Gasteiger partial charge in [0.25, 0.3) is 0 Å². The van der Waals surface area contributed by atoms with Gasteiger partial charge in [0.2, 0.25) is 17.7 Å². The predicted molar refractivity (Wildman–Crippen MR) is 135 cm³/mol.